The van der Waals surface area contributed by atoms with Crippen LogP contribution in [0.5, 0.6) is 0 Å². The lowest BCUT2D eigenvalue weighted by Gasteiger charge is -2.29. The highest BCUT2D eigenvalue weighted by Gasteiger charge is 2.16. The van der Waals surface area contributed by atoms with E-state index in [1.165, 1.54) is 37.2 Å². The summed E-state index contributed by atoms with van der Waals surface area (Å²) in [7, 11) is 0.268. The Labute approximate surface area is 146 Å². The van der Waals surface area contributed by atoms with Gasteiger partial charge in [0.1, 0.15) is 15.8 Å². The van der Waals surface area contributed by atoms with Crippen LogP contribution >= 0.6 is 0 Å². The van der Waals surface area contributed by atoms with E-state index in [2.05, 4.69) is 51.4 Å². The number of hydrogen-bond acceptors (Lipinski definition) is 3. The summed E-state index contributed by atoms with van der Waals surface area (Å²) >= 11 is 0. The number of aryl methyl sites for hydroxylation is 1. The zero-order valence-electron chi connectivity index (χ0n) is 14.9. The van der Waals surface area contributed by atoms with Crippen LogP contribution in [-0.4, -0.2) is 33.6 Å². The monoisotopic (exact) mass is 349 g/mol. The Kier molecular flexibility index (Phi) is 7.60. The number of unbranched alkanes of at least 4 members (excludes halogenated alkanes) is 1. The van der Waals surface area contributed by atoms with Crippen molar-refractivity contribution < 1.29 is 13.0 Å². The summed E-state index contributed by atoms with van der Waals surface area (Å²) in [6, 6.07) is 16.5. The highest BCUT2D eigenvalue weighted by Crippen LogP contribution is 2.18. The third kappa shape index (κ3) is 6.83. The third-order valence-corrected chi connectivity index (χ3v) is 4.69. The van der Waals surface area contributed by atoms with E-state index in [4.69, 9.17) is 0 Å². The van der Waals surface area contributed by atoms with Gasteiger partial charge in [0.25, 0.3) is 0 Å². The molecule has 0 amide bonds. The van der Waals surface area contributed by atoms with Crippen molar-refractivity contribution in [2.45, 2.75) is 31.6 Å². The third-order valence-electron chi connectivity index (χ3n) is 3.84. The van der Waals surface area contributed by atoms with Crippen molar-refractivity contribution in [3.63, 3.8) is 0 Å². The molecule has 0 saturated carbocycles. The summed E-state index contributed by atoms with van der Waals surface area (Å²) in [6.07, 6.45) is 2.57. The lowest BCUT2D eigenvalue weighted by atomic mass is 10.2. The Bertz CT molecular complexity index is 708. The molecule has 4 nitrogen and oxygen atoms in total. The number of quaternary nitrogens is 1. The van der Waals surface area contributed by atoms with Gasteiger partial charge < -0.3 is 4.55 Å². The number of benzene rings is 2. The Hall–Kier alpha value is -1.69. The molecule has 0 aliphatic rings. The molecule has 0 fully saturated rings. The Balaban J connectivity index is 0.000000243. The first-order chi connectivity index (χ1) is 11.2. The number of hydrogen-bond donors (Lipinski definition) is 0. The summed E-state index contributed by atoms with van der Waals surface area (Å²) in [5.74, 6) is 0. The maximum atomic E-state index is 10.4. The molecule has 0 N–H and O–H groups in total. The van der Waals surface area contributed by atoms with Crippen LogP contribution in [-0.2, 0) is 10.1 Å². The molecule has 0 aliphatic carbocycles. The minimum absolute atomic E-state index is 0.178. The topological polar surface area (TPSA) is 57.2 Å². The van der Waals surface area contributed by atoms with Crippen LogP contribution in [0.25, 0.3) is 0 Å². The molecule has 0 bridgehead atoms. The normalized spacial score (nSPS) is 11.5. The smallest absolute Gasteiger partial charge is 0.132 e. The fourth-order valence-corrected chi connectivity index (χ4v) is 2.69. The van der Waals surface area contributed by atoms with Crippen molar-refractivity contribution in [3.8, 4) is 0 Å². The van der Waals surface area contributed by atoms with Crippen molar-refractivity contribution in [3.05, 3.63) is 60.2 Å². The lowest BCUT2D eigenvalue weighted by molar-refractivity contribution is 0.388. The average Bonchev–Trinajstić information content (AvgIpc) is 2.54. The van der Waals surface area contributed by atoms with E-state index >= 15 is 0 Å². The largest absolute Gasteiger partial charge is 0.744 e. The molecule has 0 unspecified atom stereocenters. The Morgan fingerprint density at radius 2 is 1.50 bits per heavy atom. The molecule has 2 aromatic carbocycles. The van der Waals surface area contributed by atoms with Crippen molar-refractivity contribution in [2.24, 2.45) is 0 Å². The highest BCUT2D eigenvalue weighted by atomic mass is 32.2. The summed E-state index contributed by atoms with van der Waals surface area (Å²) in [5.41, 5.74) is 2.33. The molecule has 2 aromatic rings. The predicted octanol–water partition coefficient (Wildman–Crippen LogP) is 3.95. The van der Waals surface area contributed by atoms with Crippen molar-refractivity contribution in [1.82, 2.24) is 4.48 Å². The van der Waals surface area contributed by atoms with Crippen LogP contribution in [0.4, 0.5) is 5.69 Å². The molecule has 0 radical (unpaired) electrons. The number of nitrogens with zero attached hydrogens (tertiary/aromatic N) is 1. The van der Waals surface area contributed by atoms with E-state index in [1.54, 1.807) is 12.1 Å². The predicted molar refractivity (Wildman–Crippen MR) is 99.0 cm³/mol. The minimum Gasteiger partial charge on any atom is -0.744 e. The molecule has 132 valence electrons. The first-order valence-electron chi connectivity index (χ1n) is 8.08. The number of para-hydroxylation sites is 1. The lowest BCUT2D eigenvalue weighted by Crippen LogP contribution is -2.41. The van der Waals surface area contributed by atoms with Crippen LogP contribution in [0.1, 0.15) is 25.3 Å². The van der Waals surface area contributed by atoms with Crippen molar-refractivity contribution >= 4 is 15.8 Å². The molecule has 0 atom stereocenters. The first-order valence-corrected chi connectivity index (χ1v) is 9.49. The maximum absolute atomic E-state index is 10.4. The van der Waals surface area contributed by atoms with E-state index in [9.17, 15) is 13.0 Å². The fourth-order valence-electron chi connectivity index (χ4n) is 2.22. The van der Waals surface area contributed by atoms with Crippen LogP contribution in [0, 0.1) is 6.92 Å². The van der Waals surface area contributed by atoms with E-state index in [-0.39, 0.29) is 4.90 Å². The van der Waals surface area contributed by atoms with Gasteiger partial charge in [-0.25, -0.2) is 8.42 Å². The van der Waals surface area contributed by atoms with Gasteiger partial charge in [-0.15, -0.1) is 0 Å². The van der Waals surface area contributed by atoms with E-state index in [1.807, 2.05) is 6.92 Å². The molecule has 0 saturated heterocycles. The van der Waals surface area contributed by atoms with Gasteiger partial charge in [-0.05, 0) is 37.6 Å². The molecule has 24 heavy (non-hydrogen) atoms. The average molecular weight is 349 g/mol. The van der Waals surface area contributed by atoms with Crippen LogP contribution in [0.15, 0.2) is 59.5 Å². The maximum Gasteiger partial charge on any atom is 0.132 e. The highest BCUT2D eigenvalue weighted by molar-refractivity contribution is 7.85. The molecule has 5 heteroatoms. The van der Waals surface area contributed by atoms with Gasteiger partial charge in [0.15, 0.2) is 0 Å². The van der Waals surface area contributed by atoms with E-state index < -0.39 is 10.1 Å². The van der Waals surface area contributed by atoms with Crippen molar-refractivity contribution in [1.29, 1.82) is 0 Å². The number of rotatable bonds is 5. The van der Waals surface area contributed by atoms with Gasteiger partial charge in [0.05, 0.1) is 25.5 Å². The zero-order chi connectivity index (χ0) is 18.2. The van der Waals surface area contributed by atoms with E-state index in [0.717, 1.165) is 10.0 Å². The van der Waals surface area contributed by atoms with Gasteiger partial charge >= 0.3 is 0 Å². The molecular formula is C19H27NO3S. The second kappa shape index (κ2) is 8.97. The molecule has 0 spiro atoms. The molecule has 0 heterocycles. The van der Waals surface area contributed by atoms with Gasteiger partial charge in [0.2, 0.25) is 0 Å². The van der Waals surface area contributed by atoms with Crippen LogP contribution in [0.3, 0.4) is 0 Å². The summed E-state index contributed by atoms with van der Waals surface area (Å²) in [6.45, 7) is 5.28. The van der Waals surface area contributed by atoms with Gasteiger partial charge in [-0.1, -0.05) is 49.2 Å². The SMILES string of the molecule is CCCC[N+](C)(C)c1ccccc1.Cc1ccc(S(=O)(=O)[O-])cc1. The molecule has 2 rings (SSSR count). The Morgan fingerprint density at radius 1 is 0.958 bits per heavy atom. The first kappa shape index (κ1) is 20.4. The molecular weight excluding hydrogens is 322 g/mol. The summed E-state index contributed by atoms with van der Waals surface area (Å²) in [4.78, 5) is -0.178. The van der Waals surface area contributed by atoms with Crippen molar-refractivity contribution in [2.75, 3.05) is 20.6 Å². The van der Waals surface area contributed by atoms with Crippen LogP contribution in [0.2, 0.25) is 0 Å². The Morgan fingerprint density at radius 3 is 1.96 bits per heavy atom. The van der Waals surface area contributed by atoms with Gasteiger partial charge in [0, 0.05) is 0 Å². The van der Waals surface area contributed by atoms with Gasteiger partial charge in [-0.3, -0.25) is 4.48 Å². The quantitative estimate of drug-likeness (QED) is 0.606. The standard InChI is InChI=1S/C12H20N.C7H8O3S/c1-4-5-11-13(2,3)12-9-7-6-8-10-12;1-6-2-4-7(5-3-6)11(8,9)10/h6-10H,4-5,11H2,1-3H3;2-5H,1H3,(H,8,9,10)/q+1;/p-1. The molecule has 0 aliphatic heterocycles. The van der Waals surface area contributed by atoms with Crippen LogP contribution < -0.4 is 4.48 Å². The summed E-state index contributed by atoms with van der Waals surface area (Å²) in [5, 5.41) is 0. The fraction of sp³-hybridized carbons (Fsp3) is 0.368. The van der Waals surface area contributed by atoms with E-state index in [0.29, 0.717) is 0 Å². The molecule has 0 aromatic heterocycles. The minimum atomic E-state index is -4.27. The second-order valence-electron chi connectivity index (χ2n) is 6.36. The second-order valence-corrected chi connectivity index (χ2v) is 7.74. The summed E-state index contributed by atoms with van der Waals surface area (Å²) < 4.78 is 32.2. The van der Waals surface area contributed by atoms with Gasteiger partial charge in [-0.2, -0.15) is 0 Å². The zero-order valence-corrected chi connectivity index (χ0v) is 15.7.